The van der Waals surface area contributed by atoms with Crippen LogP contribution in [-0.2, 0) is 11.3 Å². The zero-order valence-electron chi connectivity index (χ0n) is 14.9. The number of hydrogen-bond donors (Lipinski definition) is 1. The lowest BCUT2D eigenvalue weighted by molar-refractivity contribution is -0.148. The molecule has 0 unspecified atom stereocenters. The summed E-state index contributed by atoms with van der Waals surface area (Å²) in [6.45, 7) is 2.78. The van der Waals surface area contributed by atoms with E-state index < -0.39 is 11.4 Å². The normalized spacial score (nSPS) is 25.9. The smallest absolute Gasteiger partial charge is 0.319 e. The number of nitrogens with zero attached hydrogens (tertiary/aromatic N) is 3. The van der Waals surface area contributed by atoms with E-state index in [1.165, 1.54) is 15.4 Å². The molecule has 0 radical (unpaired) electrons. The molecule has 2 aliphatic heterocycles. The van der Waals surface area contributed by atoms with E-state index in [9.17, 15) is 14.7 Å². The monoisotopic (exact) mass is 363 g/mol. The van der Waals surface area contributed by atoms with Gasteiger partial charge in [0, 0.05) is 57.6 Å². The number of thioether (sulfide) groups is 1. The average Bonchev–Trinajstić information content (AvgIpc) is 3.09. The number of aliphatic carboxylic acids is 1. The first-order chi connectivity index (χ1) is 11.9. The van der Waals surface area contributed by atoms with Crippen LogP contribution in [0.5, 0.6) is 0 Å². The lowest BCUT2D eigenvalue weighted by Crippen LogP contribution is -2.44. The lowest BCUT2D eigenvalue weighted by atomic mass is 9.81. The molecule has 1 N–H and O–H groups in total. The predicted octanol–water partition coefficient (Wildman–Crippen LogP) is 1.91. The van der Waals surface area contributed by atoms with Crippen LogP contribution in [0.3, 0.4) is 0 Å². The molecule has 2 aliphatic rings. The Balaban J connectivity index is 1.73. The Kier molecular flexibility index (Phi) is 4.97. The van der Waals surface area contributed by atoms with Gasteiger partial charge in [0.25, 0.3) is 0 Å². The summed E-state index contributed by atoms with van der Waals surface area (Å²) in [5.41, 5.74) is 0.358. The second-order valence-electron chi connectivity index (χ2n) is 7.24. The molecule has 1 aromatic rings. The molecule has 6 nitrogen and oxygen atoms in total. The minimum atomic E-state index is -0.844. The molecule has 2 amide bonds. The predicted molar refractivity (Wildman–Crippen MR) is 97.7 cm³/mol. The third-order valence-corrected chi connectivity index (χ3v) is 6.02. The van der Waals surface area contributed by atoms with Crippen LogP contribution < -0.4 is 0 Å². The van der Waals surface area contributed by atoms with Crippen molar-refractivity contribution in [2.45, 2.75) is 11.4 Å². The molecular weight excluding hydrogens is 338 g/mol. The van der Waals surface area contributed by atoms with Gasteiger partial charge in [-0.05, 0) is 24.0 Å². The van der Waals surface area contributed by atoms with Crippen LogP contribution in [0, 0.1) is 11.3 Å². The number of urea groups is 1. The number of rotatable bonds is 4. The maximum absolute atomic E-state index is 12.2. The van der Waals surface area contributed by atoms with Crippen molar-refractivity contribution in [1.29, 1.82) is 0 Å². The van der Waals surface area contributed by atoms with Gasteiger partial charge in [0.05, 0.1) is 0 Å². The number of carbonyl (C=O) groups excluding carboxylic acids is 1. The van der Waals surface area contributed by atoms with Crippen molar-refractivity contribution in [3.63, 3.8) is 0 Å². The van der Waals surface area contributed by atoms with Gasteiger partial charge in [-0.15, -0.1) is 11.8 Å². The van der Waals surface area contributed by atoms with Gasteiger partial charge in [0.2, 0.25) is 0 Å². The highest BCUT2D eigenvalue weighted by atomic mass is 32.2. The number of amides is 2. The molecule has 0 spiro atoms. The van der Waals surface area contributed by atoms with E-state index in [2.05, 4.69) is 29.4 Å². The van der Waals surface area contributed by atoms with Gasteiger partial charge in [-0.25, -0.2) is 4.79 Å². The van der Waals surface area contributed by atoms with Gasteiger partial charge in [-0.3, -0.25) is 9.69 Å². The fraction of sp³-hybridized carbons (Fsp3) is 0.556. The van der Waals surface area contributed by atoms with Crippen LogP contribution in [0.25, 0.3) is 0 Å². The van der Waals surface area contributed by atoms with Gasteiger partial charge in [0.15, 0.2) is 0 Å². The Morgan fingerprint density at radius 1 is 1.32 bits per heavy atom. The van der Waals surface area contributed by atoms with Gasteiger partial charge < -0.3 is 14.9 Å². The van der Waals surface area contributed by atoms with Crippen molar-refractivity contribution in [3.8, 4) is 0 Å². The SMILES string of the molecule is CSc1cccc(CN2C[C@H]3CN(C(=O)N(C)C)C[C@@]3(C(=O)O)C2)c1. The average molecular weight is 363 g/mol. The first-order valence-electron chi connectivity index (χ1n) is 8.40. The highest BCUT2D eigenvalue weighted by Crippen LogP contribution is 2.43. The molecule has 0 aromatic heterocycles. The quantitative estimate of drug-likeness (QED) is 0.828. The largest absolute Gasteiger partial charge is 0.481 e. The molecule has 2 fully saturated rings. The molecule has 7 heteroatoms. The number of fused-ring (bicyclic) bond motifs is 1. The Hall–Kier alpha value is -1.73. The summed E-state index contributed by atoms with van der Waals surface area (Å²) in [5, 5.41) is 9.90. The molecule has 0 aliphatic carbocycles. The van der Waals surface area contributed by atoms with E-state index in [-0.39, 0.29) is 11.9 Å². The fourth-order valence-electron chi connectivity index (χ4n) is 4.05. The van der Waals surface area contributed by atoms with Crippen molar-refractivity contribution in [3.05, 3.63) is 29.8 Å². The van der Waals surface area contributed by atoms with E-state index in [4.69, 9.17) is 0 Å². The summed E-state index contributed by atoms with van der Waals surface area (Å²) >= 11 is 1.71. The first-order valence-corrected chi connectivity index (χ1v) is 9.63. The third kappa shape index (κ3) is 3.35. The zero-order chi connectivity index (χ0) is 18.2. The third-order valence-electron chi connectivity index (χ3n) is 5.30. The Morgan fingerprint density at radius 3 is 2.68 bits per heavy atom. The van der Waals surface area contributed by atoms with E-state index in [1.54, 1.807) is 30.8 Å². The Labute approximate surface area is 152 Å². The minimum Gasteiger partial charge on any atom is -0.481 e. The van der Waals surface area contributed by atoms with Crippen LogP contribution in [0.4, 0.5) is 4.79 Å². The number of carbonyl (C=O) groups is 2. The molecule has 2 saturated heterocycles. The van der Waals surface area contributed by atoms with Crippen molar-refractivity contribution in [2.75, 3.05) is 46.5 Å². The lowest BCUT2D eigenvalue weighted by Gasteiger charge is -2.27. The maximum Gasteiger partial charge on any atom is 0.319 e. The molecule has 3 rings (SSSR count). The van der Waals surface area contributed by atoms with Crippen molar-refractivity contribution in [2.24, 2.45) is 11.3 Å². The minimum absolute atomic E-state index is 0.0161. The number of hydrogen-bond acceptors (Lipinski definition) is 4. The zero-order valence-corrected chi connectivity index (χ0v) is 15.8. The van der Waals surface area contributed by atoms with Crippen LogP contribution in [-0.4, -0.2) is 78.3 Å². The van der Waals surface area contributed by atoms with Crippen LogP contribution in [0.15, 0.2) is 29.2 Å². The highest BCUT2D eigenvalue weighted by Gasteiger charge is 2.58. The Morgan fingerprint density at radius 2 is 2.08 bits per heavy atom. The van der Waals surface area contributed by atoms with Gasteiger partial charge in [0.1, 0.15) is 5.41 Å². The Bertz CT molecular complexity index is 681. The van der Waals surface area contributed by atoms with Crippen LogP contribution >= 0.6 is 11.8 Å². The second kappa shape index (κ2) is 6.88. The summed E-state index contributed by atoms with van der Waals surface area (Å²) in [6.07, 6.45) is 2.05. The van der Waals surface area contributed by atoms with Crippen molar-refractivity contribution < 1.29 is 14.7 Å². The molecule has 2 heterocycles. The molecule has 0 saturated carbocycles. The maximum atomic E-state index is 12.2. The molecular formula is C18H25N3O3S. The van der Waals surface area contributed by atoms with E-state index in [0.717, 1.165) is 6.54 Å². The van der Waals surface area contributed by atoms with Crippen molar-refractivity contribution >= 4 is 23.8 Å². The van der Waals surface area contributed by atoms with Gasteiger partial charge in [-0.1, -0.05) is 12.1 Å². The molecule has 1 aromatic carbocycles. The topological polar surface area (TPSA) is 64.1 Å². The summed E-state index contributed by atoms with van der Waals surface area (Å²) in [7, 11) is 3.41. The van der Waals surface area contributed by atoms with E-state index in [0.29, 0.717) is 26.2 Å². The molecule has 136 valence electrons. The number of likely N-dealkylation sites (tertiary alicyclic amines) is 2. The van der Waals surface area contributed by atoms with E-state index >= 15 is 0 Å². The highest BCUT2D eigenvalue weighted by molar-refractivity contribution is 7.98. The number of benzene rings is 1. The number of carboxylic acid groups (broad SMARTS) is 1. The van der Waals surface area contributed by atoms with Crippen LogP contribution in [0.2, 0.25) is 0 Å². The summed E-state index contributed by atoms with van der Waals surface area (Å²) in [5.74, 6) is -0.801. The van der Waals surface area contributed by atoms with Gasteiger partial charge in [-0.2, -0.15) is 0 Å². The van der Waals surface area contributed by atoms with Gasteiger partial charge >= 0.3 is 12.0 Å². The summed E-state index contributed by atoms with van der Waals surface area (Å²) in [6, 6.07) is 8.27. The molecule has 2 atom stereocenters. The molecule has 0 bridgehead atoms. The van der Waals surface area contributed by atoms with E-state index in [1.807, 2.05) is 6.07 Å². The van der Waals surface area contributed by atoms with Crippen LogP contribution in [0.1, 0.15) is 5.56 Å². The number of carboxylic acids is 1. The summed E-state index contributed by atoms with van der Waals surface area (Å²) in [4.78, 5) is 30.9. The second-order valence-corrected chi connectivity index (χ2v) is 8.12. The first kappa shape index (κ1) is 18.1. The standard InChI is InChI=1S/C18H25N3O3S/c1-19(2)17(24)21-10-14-9-20(11-18(14,12-21)16(22)23)8-13-5-4-6-15(7-13)25-3/h4-7,14H,8-12H2,1-3H3,(H,22,23)/t14-,18-/m0/s1. The van der Waals surface area contributed by atoms with Crippen molar-refractivity contribution in [1.82, 2.24) is 14.7 Å². The fourth-order valence-corrected chi connectivity index (χ4v) is 4.53. The molecule has 25 heavy (non-hydrogen) atoms. The summed E-state index contributed by atoms with van der Waals surface area (Å²) < 4.78 is 0.